The summed E-state index contributed by atoms with van der Waals surface area (Å²) in [5.41, 5.74) is -2.07. The summed E-state index contributed by atoms with van der Waals surface area (Å²) in [6, 6.07) is 0.707. The maximum Gasteiger partial charge on any atom is 0.353 e. The number of H-pyrrole nitrogens is 1. The van der Waals surface area contributed by atoms with Crippen molar-refractivity contribution in [3.05, 3.63) is 27.7 Å². The van der Waals surface area contributed by atoms with Crippen molar-refractivity contribution < 1.29 is 24.5 Å². The number of aromatic carboxylic acids is 1. The Labute approximate surface area is 89.3 Å². The minimum atomic E-state index is -1.53. The van der Waals surface area contributed by atoms with Gasteiger partial charge in [0, 0.05) is 6.07 Å². The molecule has 3 N–H and O–H groups in total. The number of nitrogens with one attached hydrogen (secondary N) is 1. The number of aromatic hydroxyl groups is 1. The lowest BCUT2D eigenvalue weighted by Crippen LogP contribution is -2.19. The summed E-state index contributed by atoms with van der Waals surface area (Å²) in [5.74, 6) is -3.26. The van der Waals surface area contributed by atoms with Crippen molar-refractivity contribution in [2.24, 2.45) is 0 Å². The van der Waals surface area contributed by atoms with Gasteiger partial charge in [0.05, 0.1) is 6.61 Å². The number of carboxylic acids is 1. The first-order valence-electron chi connectivity index (χ1n) is 4.34. The van der Waals surface area contributed by atoms with Crippen LogP contribution in [-0.4, -0.2) is 33.7 Å². The van der Waals surface area contributed by atoms with Crippen LogP contribution in [0.2, 0.25) is 0 Å². The zero-order chi connectivity index (χ0) is 12.3. The van der Waals surface area contributed by atoms with Gasteiger partial charge in [0.1, 0.15) is 17.0 Å². The van der Waals surface area contributed by atoms with Gasteiger partial charge in [-0.15, -0.1) is 0 Å². The van der Waals surface area contributed by atoms with Crippen LogP contribution in [0.5, 0.6) is 5.75 Å². The maximum absolute atomic E-state index is 11.3. The molecule has 0 spiro atoms. The molecule has 1 rings (SSSR count). The van der Waals surface area contributed by atoms with E-state index < -0.39 is 34.5 Å². The Kier molecular flexibility index (Phi) is 3.29. The molecule has 0 aliphatic rings. The minimum absolute atomic E-state index is 0.0243. The van der Waals surface area contributed by atoms with Gasteiger partial charge in [0.15, 0.2) is 0 Å². The predicted molar refractivity (Wildman–Crippen MR) is 51.6 cm³/mol. The third kappa shape index (κ3) is 2.19. The van der Waals surface area contributed by atoms with E-state index in [4.69, 9.17) is 5.11 Å². The highest BCUT2D eigenvalue weighted by Gasteiger charge is 2.23. The average Bonchev–Trinajstić information content (AvgIpc) is 2.16. The summed E-state index contributed by atoms with van der Waals surface area (Å²) in [5, 5.41) is 18.1. The normalized spacial score (nSPS) is 9.81. The van der Waals surface area contributed by atoms with Gasteiger partial charge in [0.2, 0.25) is 0 Å². The van der Waals surface area contributed by atoms with Gasteiger partial charge in [-0.05, 0) is 6.92 Å². The van der Waals surface area contributed by atoms with E-state index in [1.165, 1.54) is 6.92 Å². The molecule has 0 radical (unpaired) electrons. The van der Waals surface area contributed by atoms with Crippen molar-refractivity contribution in [1.29, 1.82) is 0 Å². The molecule has 1 aromatic heterocycles. The third-order valence-electron chi connectivity index (χ3n) is 1.72. The topological polar surface area (TPSA) is 117 Å². The summed E-state index contributed by atoms with van der Waals surface area (Å²) >= 11 is 0. The molecule has 7 heteroatoms. The smallest absolute Gasteiger partial charge is 0.353 e. The lowest BCUT2D eigenvalue weighted by molar-refractivity contribution is 0.0509. The molecule has 16 heavy (non-hydrogen) atoms. The monoisotopic (exact) mass is 227 g/mol. The van der Waals surface area contributed by atoms with Gasteiger partial charge in [-0.25, -0.2) is 9.59 Å². The van der Waals surface area contributed by atoms with E-state index in [9.17, 15) is 19.5 Å². The fourth-order valence-corrected chi connectivity index (χ4v) is 1.12. The van der Waals surface area contributed by atoms with Crippen molar-refractivity contribution in [2.45, 2.75) is 6.92 Å². The van der Waals surface area contributed by atoms with Crippen LogP contribution in [0.25, 0.3) is 0 Å². The third-order valence-corrected chi connectivity index (χ3v) is 1.72. The van der Waals surface area contributed by atoms with Crippen LogP contribution in [-0.2, 0) is 4.74 Å². The Balaban J connectivity index is 3.41. The number of aromatic amines is 1. The van der Waals surface area contributed by atoms with Gasteiger partial charge in [-0.1, -0.05) is 0 Å². The molecular weight excluding hydrogens is 218 g/mol. The number of aromatic nitrogens is 1. The summed E-state index contributed by atoms with van der Waals surface area (Å²) in [7, 11) is 0. The van der Waals surface area contributed by atoms with Gasteiger partial charge in [0.25, 0.3) is 5.56 Å². The quantitative estimate of drug-likeness (QED) is 0.623. The molecule has 86 valence electrons. The minimum Gasteiger partial charge on any atom is -0.507 e. The van der Waals surface area contributed by atoms with E-state index in [2.05, 4.69) is 4.74 Å². The predicted octanol–water partition coefficient (Wildman–Crippen LogP) is -0.0446. The lowest BCUT2D eigenvalue weighted by atomic mass is 10.1. The van der Waals surface area contributed by atoms with Crippen LogP contribution in [0.4, 0.5) is 0 Å². The van der Waals surface area contributed by atoms with E-state index in [-0.39, 0.29) is 6.61 Å². The van der Waals surface area contributed by atoms with Crippen LogP contribution in [0.3, 0.4) is 0 Å². The van der Waals surface area contributed by atoms with Crippen LogP contribution in [0.1, 0.15) is 27.8 Å². The maximum atomic E-state index is 11.3. The molecule has 0 unspecified atom stereocenters. The molecule has 0 bridgehead atoms. The summed E-state index contributed by atoms with van der Waals surface area (Å²) in [4.78, 5) is 34.9. The molecule has 0 atom stereocenters. The highest BCUT2D eigenvalue weighted by Crippen LogP contribution is 2.18. The second-order valence-electron chi connectivity index (χ2n) is 2.79. The lowest BCUT2D eigenvalue weighted by Gasteiger charge is -2.06. The van der Waals surface area contributed by atoms with Crippen LogP contribution < -0.4 is 5.56 Å². The Morgan fingerprint density at radius 3 is 2.62 bits per heavy atom. The highest BCUT2D eigenvalue weighted by atomic mass is 16.5. The van der Waals surface area contributed by atoms with Crippen molar-refractivity contribution in [2.75, 3.05) is 6.61 Å². The second-order valence-corrected chi connectivity index (χ2v) is 2.79. The van der Waals surface area contributed by atoms with Crippen molar-refractivity contribution in [3.8, 4) is 5.75 Å². The van der Waals surface area contributed by atoms with E-state index in [0.29, 0.717) is 6.07 Å². The SMILES string of the molecule is CCOC(=O)c1c(O)cc(=O)[nH]c1C(=O)O. The molecule has 0 saturated carbocycles. The first-order valence-corrected chi connectivity index (χ1v) is 4.34. The van der Waals surface area contributed by atoms with Crippen LogP contribution in [0.15, 0.2) is 10.9 Å². The van der Waals surface area contributed by atoms with Gasteiger partial charge in [-0.2, -0.15) is 0 Å². The second kappa shape index (κ2) is 4.47. The summed E-state index contributed by atoms with van der Waals surface area (Å²) in [6.07, 6.45) is 0. The van der Waals surface area contributed by atoms with E-state index in [1.54, 1.807) is 0 Å². The fraction of sp³-hybridized carbons (Fsp3) is 0.222. The molecule has 0 fully saturated rings. The van der Waals surface area contributed by atoms with E-state index in [0.717, 1.165) is 0 Å². The molecule has 0 aromatic carbocycles. The van der Waals surface area contributed by atoms with Gasteiger partial charge >= 0.3 is 11.9 Å². The molecule has 0 amide bonds. The number of carboxylic acid groups (broad SMARTS) is 1. The number of hydrogen-bond donors (Lipinski definition) is 3. The Hall–Kier alpha value is -2.31. The number of ether oxygens (including phenoxy) is 1. The Morgan fingerprint density at radius 2 is 2.12 bits per heavy atom. The van der Waals surface area contributed by atoms with Crippen molar-refractivity contribution in [1.82, 2.24) is 4.98 Å². The number of carbonyl (C=O) groups is 2. The fourth-order valence-electron chi connectivity index (χ4n) is 1.12. The van der Waals surface area contributed by atoms with Crippen LogP contribution >= 0.6 is 0 Å². The molecule has 0 aliphatic heterocycles. The van der Waals surface area contributed by atoms with Crippen molar-refractivity contribution >= 4 is 11.9 Å². The Bertz CT molecular complexity index is 489. The summed E-state index contributed by atoms with van der Waals surface area (Å²) < 4.78 is 4.56. The highest BCUT2D eigenvalue weighted by molar-refractivity contribution is 6.02. The molecule has 7 nitrogen and oxygen atoms in total. The van der Waals surface area contributed by atoms with E-state index >= 15 is 0 Å². The zero-order valence-corrected chi connectivity index (χ0v) is 8.31. The molecule has 1 heterocycles. The molecule has 1 aromatic rings. The first-order chi connectivity index (χ1) is 7.47. The largest absolute Gasteiger partial charge is 0.507 e. The van der Waals surface area contributed by atoms with Crippen LogP contribution in [0, 0.1) is 0 Å². The van der Waals surface area contributed by atoms with Gasteiger partial charge in [-0.3, -0.25) is 4.79 Å². The zero-order valence-electron chi connectivity index (χ0n) is 8.31. The number of esters is 1. The molecular formula is C9H9NO6. The Morgan fingerprint density at radius 1 is 1.50 bits per heavy atom. The van der Waals surface area contributed by atoms with Gasteiger partial charge < -0.3 is 19.9 Å². The standard InChI is InChI=1S/C9H9NO6/c1-2-16-9(15)6-4(11)3-5(12)10-7(6)8(13)14/h3H,2H2,1H3,(H,13,14)(H2,10,11,12). The molecule has 0 aliphatic carbocycles. The van der Waals surface area contributed by atoms with Crippen molar-refractivity contribution in [3.63, 3.8) is 0 Å². The first kappa shape index (κ1) is 11.8. The van der Waals surface area contributed by atoms with E-state index in [1.807, 2.05) is 4.98 Å². The number of hydrogen-bond acceptors (Lipinski definition) is 5. The number of pyridine rings is 1. The number of rotatable bonds is 3. The average molecular weight is 227 g/mol. The molecule has 0 saturated heterocycles. The summed E-state index contributed by atoms with van der Waals surface area (Å²) in [6.45, 7) is 1.55. The number of carbonyl (C=O) groups excluding carboxylic acids is 1.